The third-order valence-electron chi connectivity index (χ3n) is 20.5. The van der Waals surface area contributed by atoms with Crippen LogP contribution in [0.5, 0.6) is 0 Å². The van der Waals surface area contributed by atoms with Gasteiger partial charge in [0.15, 0.2) is 46.9 Å². The number of carbonyl (C=O) groups excluding carboxylic acids is 5. The molecule has 1 atom stereocenters. The van der Waals surface area contributed by atoms with Crippen LogP contribution in [0, 0.1) is 23.3 Å². The maximum Gasteiger partial charge on any atom is 1.00 e. The van der Waals surface area contributed by atoms with Crippen LogP contribution < -0.4 is 62.3 Å². The van der Waals surface area contributed by atoms with Crippen molar-refractivity contribution in [2.24, 2.45) is 26.1 Å². The summed E-state index contributed by atoms with van der Waals surface area (Å²) in [7, 11) is -5.57. The van der Waals surface area contributed by atoms with Gasteiger partial charge in [-0.25, -0.2) is 52.4 Å². The molecule has 26 nitrogen and oxygen atoms in total. The fraction of sp³-hybridized carbons (Fsp3) is 0.289. The van der Waals surface area contributed by atoms with Crippen molar-refractivity contribution >= 4 is 183 Å². The van der Waals surface area contributed by atoms with Crippen molar-refractivity contribution < 1.29 is 124 Å². The number of aromatic nitrogens is 3. The zero-order chi connectivity index (χ0) is 104. The Kier molecular flexibility index (Phi) is 41.8. The molecule has 0 saturated carbocycles. The van der Waals surface area contributed by atoms with Gasteiger partial charge in [0.1, 0.15) is 34.5 Å². The van der Waals surface area contributed by atoms with Crippen molar-refractivity contribution in [3.8, 4) is 22.3 Å². The molecule has 11 aromatic rings. The van der Waals surface area contributed by atoms with Crippen LogP contribution in [0.3, 0.4) is 0 Å². The molecule has 2 amide bonds. The van der Waals surface area contributed by atoms with Crippen molar-refractivity contribution in [1.82, 2.24) is 24.3 Å². The maximum absolute atomic E-state index is 13.6. The number of hydrogen-bond donors (Lipinski definition) is 2. The summed E-state index contributed by atoms with van der Waals surface area (Å²) in [5.41, 5.74) is 7.66. The average molecular weight is 2290 g/mol. The number of ether oxygens (including phenoxy) is 2. The van der Waals surface area contributed by atoms with Gasteiger partial charge < -0.3 is 47.7 Å². The van der Waals surface area contributed by atoms with Crippen LogP contribution in [0.4, 0.5) is 27.2 Å². The first-order valence-electron chi connectivity index (χ1n) is 41.6. The van der Waals surface area contributed by atoms with E-state index in [9.17, 15) is 81.2 Å². The monoisotopic (exact) mass is 2280 g/mol. The molecule has 1 fully saturated rings. The second-order valence-electron chi connectivity index (χ2n) is 35.1. The number of nitrogens with one attached hydrogen (secondary N) is 2. The normalized spacial score (nSPS) is 13.2. The van der Waals surface area contributed by atoms with Gasteiger partial charge in [0.2, 0.25) is 0 Å². The number of carbonyl (C=O) groups is 5. The Balaban J connectivity index is 0.000000239. The molecule has 0 aliphatic carbocycles. The van der Waals surface area contributed by atoms with Crippen LogP contribution in [-0.4, -0.2) is 138 Å². The van der Waals surface area contributed by atoms with Gasteiger partial charge in [0, 0.05) is 165 Å². The van der Waals surface area contributed by atoms with Gasteiger partial charge in [0.05, 0.1) is 60.8 Å². The van der Waals surface area contributed by atoms with E-state index in [1.54, 1.807) is 117 Å². The fourth-order valence-electron chi connectivity index (χ4n) is 13.5. The number of aryl methyl sites for hydroxylation is 3. The van der Waals surface area contributed by atoms with Crippen molar-refractivity contribution in [3.63, 3.8) is 0 Å². The molecule has 1 unspecified atom stereocenters. The van der Waals surface area contributed by atoms with Gasteiger partial charge in [0.25, 0.3) is 16.7 Å². The van der Waals surface area contributed by atoms with Crippen LogP contribution in [0.15, 0.2) is 211 Å². The number of alkyl carbamates (subject to hydrolysis) is 2. The number of sulfone groups is 3. The third kappa shape index (κ3) is 34.4. The Bertz CT molecular complexity index is 7210. The van der Waals surface area contributed by atoms with E-state index in [2.05, 4.69) is 63.4 Å². The van der Waals surface area contributed by atoms with Gasteiger partial charge in [-0.2, -0.15) is 0 Å². The van der Waals surface area contributed by atoms with Crippen LogP contribution in [-0.2, 0) is 123 Å². The first-order valence-corrected chi connectivity index (χ1v) is 53.5. The minimum atomic E-state index is -3.41. The first-order chi connectivity index (χ1) is 64.3. The molecule has 0 bridgehead atoms. The minimum Gasteiger partial charge on any atom is -0.773 e. The SMILES string of the molecule is CS(=O)(=O)Cc1ccc(C(=O)c2ccc(F)cc2Cl)c(Br)c1.CS(=O)[O-].Cn1cc(-c2cc(CS(C)(=O)=O)ccc2C(=O)c2ccc(F)cc2Cl)c(CNC(=O)OC(C)(C)C)cc1=O.Cn1cc(B2OC(C)(C)C(C)(C)O2)c(CNC(=O)OC(C)(C)C)cc1=O.Cn1cc2c(cc1=O)CN=C(c1ccc(F)cc1Cl)c1ccc(CS(C)(=O)=O)cc1-2.O=C(c1ccc(F)cc1Cl)c1ccc(CBr)cc1Br.[Na+]. The molecule has 3 aromatic heterocycles. The quantitative estimate of drug-likeness (QED) is 0.0235. The molecule has 0 radical (unpaired) electrons. The number of pyridine rings is 3. The van der Waals surface area contributed by atoms with E-state index in [-0.39, 0.29) is 137 Å². The van der Waals surface area contributed by atoms with Gasteiger partial charge in [-0.15, -0.1) is 0 Å². The zero-order valence-electron chi connectivity index (χ0n) is 79.1. The Morgan fingerprint density at radius 1 is 0.471 bits per heavy atom. The molecule has 1 saturated heterocycles. The van der Waals surface area contributed by atoms with E-state index in [4.69, 9.17) is 73.9 Å². The van der Waals surface area contributed by atoms with Crippen molar-refractivity contribution in [2.75, 3.05) is 25.0 Å². The number of benzene rings is 8. The van der Waals surface area contributed by atoms with E-state index in [0.717, 1.165) is 76.9 Å². The van der Waals surface area contributed by atoms with Crippen molar-refractivity contribution in [3.05, 3.63) is 349 Å². The standard InChI is InChI=1S/C27H28ClFN2O6S.C22H18ClFN2O3S.C18H29BN2O5.C15H11BrClFO3S.C14H8Br2ClFO.CH4O2S.Na/c1-27(2,3)37-26(34)30-13-17-11-24(32)31(4)14-22(17)21-10-16(15-38(5,35)36)6-8-19(21)25(33)20-9-7-18(29)12-23(20)28;1-26-11-19-14(8-21(26)27)10-25-22(17-6-4-15(24)9-20(17)23)16-5-3-13(7-18(16)19)12-30(2,28)29;1-16(2,3)24-15(23)20-10-12-9-14(22)21(8)11-13(12)19-25-17(4,5)18(6,7)26-19;1-22(20,21)8-9-2-4-11(13(16)6-9)15(19)12-5-3-10(18)7-14(12)17;15-7-8-1-3-10(12(16)5-8)14(19)11-4-2-9(18)6-13(11)17;1-4(2)3;/h6-12,14H,13,15H2,1-5H3,(H,30,34);3-9,11H,10,12H2,1-2H3;9,11H,10H2,1-8H3,(H,20,23);2-7H,8H2,1H3;1-6H,7H2;1H3,(H,2,3);/q;;;;;;+1/p-1. The Labute approximate surface area is 878 Å². The van der Waals surface area contributed by atoms with E-state index in [1.807, 2.05) is 39.8 Å². The van der Waals surface area contributed by atoms with Crippen LogP contribution in [0.1, 0.15) is 167 Å². The van der Waals surface area contributed by atoms with E-state index in [1.165, 1.54) is 106 Å². The summed E-state index contributed by atoms with van der Waals surface area (Å²) in [6, 6.07) is 39.1. The molecule has 13 rings (SSSR count). The summed E-state index contributed by atoms with van der Waals surface area (Å²) in [5, 5.41) is 6.27. The van der Waals surface area contributed by atoms with Crippen LogP contribution >= 0.6 is 94.2 Å². The smallest absolute Gasteiger partial charge is 0.773 e. The average Bonchev–Trinajstić information content (AvgIpc) is 1.58. The molecule has 0 spiro atoms. The number of fused-ring (bicyclic) bond motifs is 3. The summed E-state index contributed by atoms with van der Waals surface area (Å²) in [6.07, 6.45) is 8.16. The molecule has 43 heteroatoms. The number of alkyl halides is 1. The number of ketones is 3. The van der Waals surface area contributed by atoms with Crippen LogP contribution in [0.25, 0.3) is 22.3 Å². The molecule has 2 aliphatic heterocycles. The largest absolute Gasteiger partial charge is 1.00 e. The zero-order valence-corrected chi connectivity index (χ0v) is 92.1. The van der Waals surface area contributed by atoms with Crippen LogP contribution in [0.2, 0.25) is 20.1 Å². The molecule has 2 N–H and O–H groups in total. The minimum absolute atomic E-state index is 0. The molecule has 740 valence electrons. The first kappa shape index (κ1) is 118. The summed E-state index contributed by atoms with van der Waals surface area (Å²) in [5.74, 6) is -3.70. The Morgan fingerprint density at radius 2 is 0.807 bits per heavy atom. The number of halogens is 11. The predicted octanol–water partition coefficient (Wildman–Crippen LogP) is 16.0. The van der Waals surface area contributed by atoms with E-state index < -0.39 is 111 Å². The summed E-state index contributed by atoms with van der Waals surface area (Å²) < 4.78 is 170. The van der Waals surface area contributed by atoms with Gasteiger partial charge in [-0.05, 0) is 235 Å². The van der Waals surface area contributed by atoms with Crippen molar-refractivity contribution in [1.29, 1.82) is 0 Å². The second kappa shape index (κ2) is 49.6. The molecule has 8 aromatic carbocycles. The second-order valence-corrected chi connectivity index (χ2v) is 46.2. The molecule has 2 aliphatic rings. The van der Waals surface area contributed by atoms with Crippen molar-refractivity contribution in [2.45, 2.75) is 134 Å². The van der Waals surface area contributed by atoms with Gasteiger partial charge >= 0.3 is 48.9 Å². The topological polar surface area (TPSA) is 367 Å². The van der Waals surface area contributed by atoms with Gasteiger partial charge in [-0.3, -0.25) is 38.0 Å². The number of aliphatic imine (C=N–C) groups is 1. The Hall–Kier alpha value is -8.91. The maximum atomic E-state index is 13.6. The summed E-state index contributed by atoms with van der Waals surface area (Å²) in [6.45, 7) is 18.6. The molecule has 140 heavy (non-hydrogen) atoms. The predicted molar refractivity (Wildman–Crippen MR) is 544 cm³/mol. The molecular formula is C97H97BBr3Cl4F4N6NaO20S4. The van der Waals surface area contributed by atoms with E-state index in [0.29, 0.717) is 81.1 Å². The third-order valence-corrected chi connectivity index (χ3v) is 26.3. The molecular weight excluding hydrogens is 2190 g/mol. The van der Waals surface area contributed by atoms with Gasteiger partial charge in [-0.1, -0.05) is 142 Å². The fourth-order valence-corrected chi connectivity index (χ4v) is 18.4. The number of hydrogen-bond acceptors (Lipinski definition) is 21. The number of nitrogens with zero attached hydrogens (tertiary/aromatic N) is 4. The molecule has 5 heterocycles. The number of rotatable bonds is 20. The Morgan fingerprint density at radius 3 is 1.21 bits per heavy atom. The summed E-state index contributed by atoms with van der Waals surface area (Å²) in [4.78, 5) is 104. The van der Waals surface area contributed by atoms with E-state index >= 15 is 0 Å². The summed E-state index contributed by atoms with van der Waals surface area (Å²) >= 11 is 32.4. The number of amides is 2.